The molecule has 0 aromatic heterocycles. The summed E-state index contributed by atoms with van der Waals surface area (Å²) in [5.41, 5.74) is 0. The normalized spacial score (nSPS) is 13.2. The van der Waals surface area contributed by atoms with Crippen LogP contribution in [0.1, 0.15) is 175 Å². The van der Waals surface area contributed by atoms with Gasteiger partial charge in [-0.25, -0.2) is 0 Å². The second-order valence-electron chi connectivity index (χ2n) is 14.6. The lowest BCUT2D eigenvalue weighted by Gasteiger charge is -2.18. The highest BCUT2D eigenvalue weighted by atomic mass is 16.6. The average Bonchev–Trinajstić information content (AvgIpc) is 3.23. The molecule has 0 saturated heterocycles. The van der Waals surface area contributed by atoms with Gasteiger partial charge in [0.25, 0.3) is 0 Å². The minimum absolute atomic E-state index is 0.134. The van der Waals surface area contributed by atoms with Crippen LogP contribution in [-0.2, 0) is 28.6 Å². The molecule has 59 heavy (non-hydrogen) atoms. The average molecular weight is 815 g/mol. The lowest BCUT2D eigenvalue weighted by atomic mass is 10.1. The number of ether oxygens (including phenoxy) is 3. The highest BCUT2D eigenvalue weighted by Gasteiger charge is 2.19. The molecule has 0 bridgehead atoms. The molecule has 0 radical (unpaired) electrons. The molecule has 0 heterocycles. The van der Waals surface area contributed by atoms with E-state index in [4.69, 9.17) is 14.2 Å². The number of allylic oxidation sites excluding steroid dienone is 20. The predicted molar refractivity (Wildman–Crippen MR) is 251 cm³/mol. The monoisotopic (exact) mass is 815 g/mol. The smallest absolute Gasteiger partial charge is 0.306 e. The molecule has 330 valence electrons. The minimum atomic E-state index is -0.832. The molecule has 6 heteroatoms. The van der Waals surface area contributed by atoms with Crippen LogP contribution >= 0.6 is 0 Å². The van der Waals surface area contributed by atoms with Crippen molar-refractivity contribution >= 4 is 17.9 Å². The van der Waals surface area contributed by atoms with Gasteiger partial charge in [0.2, 0.25) is 0 Å². The third-order valence-electron chi connectivity index (χ3n) is 8.99. The zero-order valence-electron chi connectivity index (χ0n) is 37.5. The Kier molecular flexibility index (Phi) is 43.2. The van der Waals surface area contributed by atoms with Gasteiger partial charge in [-0.3, -0.25) is 14.4 Å². The molecule has 0 rings (SSSR count). The van der Waals surface area contributed by atoms with E-state index >= 15 is 0 Å². The van der Waals surface area contributed by atoms with Gasteiger partial charge in [0.1, 0.15) is 13.2 Å². The second kappa shape index (κ2) is 46.5. The van der Waals surface area contributed by atoms with Crippen molar-refractivity contribution in [3.8, 4) is 0 Å². The van der Waals surface area contributed by atoms with Crippen LogP contribution in [0.15, 0.2) is 122 Å². The molecule has 0 fully saturated rings. The number of unbranched alkanes of at least 4 members (excludes halogenated alkanes) is 10. The molecule has 0 aliphatic heterocycles. The molecule has 0 N–H and O–H groups in total. The third-order valence-corrected chi connectivity index (χ3v) is 8.99. The summed E-state index contributed by atoms with van der Waals surface area (Å²) in [4.78, 5) is 37.7. The molecule has 0 aliphatic rings. The Morgan fingerprint density at radius 2 is 0.763 bits per heavy atom. The fourth-order valence-electron chi connectivity index (χ4n) is 5.57. The van der Waals surface area contributed by atoms with Crippen LogP contribution in [0.2, 0.25) is 0 Å². The summed E-state index contributed by atoms with van der Waals surface area (Å²) in [6.45, 7) is 6.20. The highest BCUT2D eigenvalue weighted by Crippen LogP contribution is 2.11. The second-order valence-corrected chi connectivity index (χ2v) is 14.6. The molecular weight excluding hydrogens is 733 g/mol. The first-order valence-electron chi connectivity index (χ1n) is 23.1. The van der Waals surface area contributed by atoms with Crippen LogP contribution in [0.5, 0.6) is 0 Å². The Hall–Kier alpha value is -4.19. The SMILES string of the molecule is CC\C=C/C=C\C=C/CCCCCCCC(=O)OC(COC(=O)CCC/C=C\C/C=C\C/C=C\CC)COC(=O)CCC/C=C\C/C=C\C/C=C\C/C=C\CCCCC. The van der Waals surface area contributed by atoms with Crippen molar-refractivity contribution < 1.29 is 28.6 Å². The Morgan fingerprint density at radius 3 is 1.27 bits per heavy atom. The number of carbonyl (C=O) groups is 3. The number of hydrogen-bond acceptors (Lipinski definition) is 6. The molecule has 0 saturated carbocycles. The summed E-state index contributed by atoms with van der Waals surface area (Å²) in [6.07, 6.45) is 63.4. The van der Waals surface area contributed by atoms with E-state index in [1.54, 1.807) is 0 Å². The maximum Gasteiger partial charge on any atom is 0.306 e. The summed E-state index contributed by atoms with van der Waals surface area (Å²) in [5, 5.41) is 0. The van der Waals surface area contributed by atoms with Gasteiger partial charge >= 0.3 is 17.9 Å². The molecule has 0 amide bonds. The maximum absolute atomic E-state index is 12.7. The number of esters is 3. The van der Waals surface area contributed by atoms with Crippen LogP contribution in [-0.4, -0.2) is 37.2 Å². The van der Waals surface area contributed by atoms with E-state index in [0.29, 0.717) is 12.8 Å². The van der Waals surface area contributed by atoms with E-state index in [1.807, 2.05) is 6.08 Å². The summed E-state index contributed by atoms with van der Waals surface area (Å²) in [6, 6.07) is 0. The molecule has 0 aromatic carbocycles. The van der Waals surface area contributed by atoms with Gasteiger partial charge in [0.05, 0.1) is 0 Å². The molecule has 0 aromatic rings. The van der Waals surface area contributed by atoms with Crippen molar-refractivity contribution in [2.24, 2.45) is 0 Å². The van der Waals surface area contributed by atoms with Gasteiger partial charge in [0, 0.05) is 19.3 Å². The largest absolute Gasteiger partial charge is 0.462 e. The van der Waals surface area contributed by atoms with Crippen molar-refractivity contribution in [3.05, 3.63) is 122 Å². The Labute approximate surface area is 361 Å². The first-order chi connectivity index (χ1) is 29.0. The molecule has 1 atom stereocenters. The molecule has 1 unspecified atom stereocenters. The van der Waals surface area contributed by atoms with Crippen molar-refractivity contribution in [1.82, 2.24) is 0 Å². The Balaban J connectivity index is 4.58. The van der Waals surface area contributed by atoms with Gasteiger partial charge in [-0.05, 0) is 103 Å². The Bertz CT molecular complexity index is 1300. The van der Waals surface area contributed by atoms with Crippen molar-refractivity contribution in [3.63, 3.8) is 0 Å². The number of carbonyl (C=O) groups excluding carboxylic acids is 3. The van der Waals surface area contributed by atoms with Gasteiger partial charge in [-0.2, -0.15) is 0 Å². The van der Waals surface area contributed by atoms with Crippen LogP contribution < -0.4 is 0 Å². The minimum Gasteiger partial charge on any atom is -0.462 e. The quantitative estimate of drug-likeness (QED) is 0.0202. The molecule has 0 spiro atoms. The highest BCUT2D eigenvalue weighted by molar-refractivity contribution is 5.71. The topological polar surface area (TPSA) is 78.9 Å². The molecule has 6 nitrogen and oxygen atoms in total. The van der Waals surface area contributed by atoms with Crippen LogP contribution in [0, 0.1) is 0 Å². The number of hydrogen-bond donors (Lipinski definition) is 0. The summed E-state index contributed by atoms with van der Waals surface area (Å²) in [7, 11) is 0. The van der Waals surface area contributed by atoms with Crippen LogP contribution in [0.3, 0.4) is 0 Å². The lowest BCUT2D eigenvalue weighted by molar-refractivity contribution is -0.167. The molecule has 0 aliphatic carbocycles. The first kappa shape index (κ1) is 54.8. The standard InChI is InChI=1S/C53H82O6/c1-4-7-10-13-16-19-22-24-25-26-27-29-31-34-37-40-43-46-52(55)58-49-50(48-57-51(54)45-42-39-36-33-30-21-18-15-12-9-6-3)59-53(56)47-44-41-38-35-32-28-23-20-17-14-11-8-5-2/h8-9,11-12,14,16-21,23-25,27,29,33-34,36-37,50H,4-7,10,13,15,22,26,28,30-32,35,38-49H2,1-3H3/b11-8-,12-9-,17-14-,19-16-,21-18-,23-20-,25-24-,29-27-,36-33-,37-34-. The van der Waals surface area contributed by atoms with E-state index < -0.39 is 6.10 Å². The van der Waals surface area contributed by atoms with Gasteiger partial charge in [0.15, 0.2) is 6.10 Å². The summed E-state index contributed by atoms with van der Waals surface area (Å²) < 4.78 is 16.6. The fourth-order valence-corrected chi connectivity index (χ4v) is 5.57. The summed E-state index contributed by atoms with van der Waals surface area (Å²) >= 11 is 0. The number of rotatable bonds is 39. The van der Waals surface area contributed by atoms with Crippen molar-refractivity contribution in [2.45, 2.75) is 181 Å². The zero-order valence-corrected chi connectivity index (χ0v) is 37.5. The predicted octanol–water partition coefficient (Wildman–Crippen LogP) is 15.0. The van der Waals surface area contributed by atoms with Gasteiger partial charge in [-0.15, -0.1) is 0 Å². The van der Waals surface area contributed by atoms with E-state index in [1.165, 1.54) is 25.7 Å². The van der Waals surface area contributed by atoms with Crippen LogP contribution in [0.4, 0.5) is 0 Å². The van der Waals surface area contributed by atoms with E-state index in [9.17, 15) is 14.4 Å². The van der Waals surface area contributed by atoms with E-state index in [2.05, 4.69) is 136 Å². The van der Waals surface area contributed by atoms with Gasteiger partial charge in [-0.1, -0.05) is 174 Å². The van der Waals surface area contributed by atoms with Crippen molar-refractivity contribution in [2.75, 3.05) is 13.2 Å². The Morgan fingerprint density at radius 1 is 0.373 bits per heavy atom. The van der Waals surface area contributed by atoms with E-state index in [-0.39, 0.29) is 50.4 Å². The van der Waals surface area contributed by atoms with E-state index in [0.717, 1.165) is 96.3 Å². The zero-order chi connectivity index (χ0) is 43.0. The molecular formula is C53H82O6. The first-order valence-corrected chi connectivity index (χ1v) is 23.1. The van der Waals surface area contributed by atoms with Gasteiger partial charge < -0.3 is 14.2 Å². The van der Waals surface area contributed by atoms with Crippen LogP contribution in [0.25, 0.3) is 0 Å². The fraction of sp³-hybridized carbons (Fsp3) is 0.566. The van der Waals surface area contributed by atoms with Crippen molar-refractivity contribution in [1.29, 1.82) is 0 Å². The third kappa shape index (κ3) is 44.8. The lowest BCUT2D eigenvalue weighted by Crippen LogP contribution is -2.30. The maximum atomic E-state index is 12.7. The summed E-state index contributed by atoms with van der Waals surface area (Å²) in [5.74, 6) is -1.08.